The maximum atomic E-state index is 11.3. The number of aryl methyl sites for hydroxylation is 1. The van der Waals surface area contributed by atoms with Crippen molar-refractivity contribution in [3.05, 3.63) is 36.0 Å². The largest absolute Gasteiger partial charge is 0.490 e. The topological polar surface area (TPSA) is 120 Å². The molecular formula is C23H30N8O2S. The van der Waals surface area contributed by atoms with Crippen molar-refractivity contribution in [3.63, 3.8) is 0 Å². The summed E-state index contributed by atoms with van der Waals surface area (Å²) in [6.45, 7) is 5.49. The Labute approximate surface area is 203 Å². The van der Waals surface area contributed by atoms with E-state index in [0.717, 1.165) is 42.2 Å². The zero-order chi connectivity index (χ0) is 24.1. The van der Waals surface area contributed by atoms with Crippen LogP contribution in [0.1, 0.15) is 25.5 Å². The summed E-state index contributed by atoms with van der Waals surface area (Å²) in [7, 11) is 3.76. The predicted octanol–water partition coefficient (Wildman–Crippen LogP) is 3.88. The molecule has 4 rings (SSSR count). The molecule has 0 bridgehead atoms. The summed E-state index contributed by atoms with van der Waals surface area (Å²) in [5.74, 6) is 2.28. The monoisotopic (exact) mass is 482 g/mol. The molecule has 0 aliphatic carbocycles. The molecule has 0 spiro atoms. The third-order valence-corrected chi connectivity index (χ3v) is 6.32. The van der Waals surface area contributed by atoms with Crippen LogP contribution in [0.15, 0.2) is 40.4 Å². The number of rotatable bonds is 8. The molecule has 1 saturated heterocycles. The van der Waals surface area contributed by atoms with Crippen LogP contribution >= 0.6 is 11.8 Å². The fourth-order valence-electron chi connectivity index (χ4n) is 3.72. The number of ether oxygens (including phenoxy) is 1. The molecule has 1 fully saturated rings. The maximum Gasteiger partial charge on any atom is 0.221 e. The number of likely N-dealkylation sites (tertiary alicyclic amines) is 1. The number of hydrogen-bond acceptors (Lipinski definition) is 9. The molecule has 1 aromatic carbocycles. The zero-order valence-electron chi connectivity index (χ0n) is 19.8. The maximum absolute atomic E-state index is 11.3. The molecule has 10 nitrogen and oxygen atoms in total. The van der Waals surface area contributed by atoms with Crippen molar-refractivity contribution in [1.82, 2.24) is 25.1 Å². The number of methoxy groups -OCH3 is 1. The van der Waals surface area contributed by atoms with Gasteiger partial charge in [-0.3, -0.25) is 9.89 Å². The molecule has 2 aromatic heterocycles. The summed E-state index contributed by atoms with van der Waals surface area (Å²) in [6, 6.07) is 9.78. The molecule has 1 amide bonds. The first-order valence-corrected chi connectivity index (χ1v) is 12.0. The molecule has 0 radical (unpaired) electrons. The summed E-state index contributed by atoms with van der Waals surface area (Å²) in [5.41, 5.74) is 1.68. The van der Waals surface area contributed by atoms with E-state index in [9.17, 15) is 4.79 Å². The molecule has 0 atom stereocenters. The molecule has 0 saturated carbocycles. The van der Waals surface area contributed by atoms with Gasteiger partial charge < -0.3 is 25.6 Å². The SMILES string of the molecule is COc1c(Nc2cc(C)[nH]n2)nc(Sc2ccc(NC(C)=O)cc2)nc1NC1CCN(C)CC1. The van der Waals surface area contributed by atoms with E-state index < -0.39 is 0 Å². The third-order valence-electron chi connectivity index (χ3n) is 5.44. The molecule has 180 valence electrons. The summed E-state index contributed by atoms with van der Waals surface area (Å²) in [4.78, 5) is 24.1. The summed E-state index contributed by atoms with van der Waals surface area (Å²) >= 11 is 1.43. The molecule has 3 aromatic rings. The minimum Gasteiger partial charge on any atom is -0.490 e. The molecular weight excluding hydrogens is 452 g/mol. The fraction of sp³-hybridized carbons (Fsp3) is 0.391. The molecule has 4 N–H and O–H groups in total. The smallest absolute Gasteiger partial charge is 0.221 e. The number of nitrogens with zero attached hydrogens (tertiary/aromatic N) is 4. The van der Waals surface area contributed by atoms with Gasteiger partial charge in [-0.25, -0.2) is 9.97 Å². The Hall–Kier alpha value is -3.31. The Morgan fingerprint density at radius 3 is 2.50 bits per heavy atom. The van der Waals surface area contributed by atoms with E-state index in [-0.39, 0.29) is 5.91 Å². The molecule has 1 aliphatic rings. The second kappa shape index (κ2) is 10.7. The van der Waals surface area contributed by atoms with Crippen molar-refractivity contribution in [2.75, 3.05) is 43.2 Å². The highest BCUT2D eigenvalue weighted by atomic mass is 32.2. The number of hydrogen-bond donors (Lipinski definition) is 4. The number of nitrogens with one attached hydrogen (secondary N) is 4. The van der Waals surface area contributed by atoms with E-state index in [4.69, 9.17) is 14.7 Å². The molecule has 11 heteroatoms. The van der Waals surface area contributed by atoms with Crippen molar-refractivity contribution >= 4 is 40.8 Å². The number of carbonyl (C=O) groups excluding carboxylic acids is 1. The third kappa shape index (κ3) is 6.17. The Bertz CT molecular complexity index is 1130. The highest BCUT2D eigenvalue weighted by Gasteiger charge is 2.22. The van der Waals surface area contributed by atoms with Crippen LogP contribution in [0.25, 0.3) is 0 Å². The van der Waals surface area contributed by atoms with Gasteiger partial charge in [0.15, 0.2) is 22.6 Å². The van der Waals surface area contributed by atoms with Crippen LogP contribution in [-0.2, 0) is 4.79 Å². The first-order chi connectivity index (χ1) is 16.4. The Morgan fingerprint density at radius 2 is 1.88 bits per heavy atom. The van der Waals surface area contributed by atoms with Gasteiger partial charge in [-0.1, -0.05) is 0 Å². The van der Waals surface area contributed by atoms with E-state index in [2.05, 4.69) is 38.1 Å². The Balaban J connectivity index is 1.62. The minimum atomic E-state index is -0.104. The lowest BCUT2D eigenvalue weighted by molar-refractivity contribution is -0.114. The lowest BCUT2D eigenvalue weighted by Gasteiger charge is -2.30. The lowest BCUT2D eigenvalue weighted by Crippen LogP contribution is -2.37. The van der Waals surface area contributed by atoms with Crippen LogP contribution in [0.4, 0.5) is 23.1 Å². The van der Waals surface area contributed by atoms with Crippen LogP contribution in [-0.4, -0.2) is 64.3 Å². The van der Waals surface area contributed by atoms with Gasteiger partial charge in [0.25, 0.3) is 0 Å². The number of aromatic amines is 1. The number of piperidine rings is 1. The van der Waals surface area contributed by atoms with Crippen LogP contribution in [0, 0.1) is 6.92 Å². The van der Waals surface area contributed by atoms with E-state index in [1.807, 2.05) is 37.3 Å². The van der Waals surface area contributed by atoms with Crippen molar-refractivity contribution in [3.8, 4) is 5.75 Å². The van der Waals surface area contributed by atoms with Gasteiger partial charge in [-0.15, -0.1) is 0 Å². The van der Waals surface area contributed by atoms with Crippen LogP contribution in [0.3, 0.4) is 0 Å². The number of anilines is 4. The average Bonchev–Trinajstić information content (AvgIpc) is 3.21. The summed E-state index contributed by atoms with van der Waals surface area (Å²) < 4.78 is 5.73. The van der Waals surface area contributed by atoms with E-state index >= 15 is 0 Å². The van der Waals surface area contributed by atoms with Gasteiger partial charge >= 0.3 is 0 Å². The normalized spacial score (nSPS) is 14.6. The van der Waals surface area contributed by atoms with Crippen molar-refractivity contribution in [2.24, 2.45) is 0 Å². The predicted molar refractivity (Wildman–Crippen MR) is 134 cm³/mol. The molecule has 34 heavy (non-hydrogen) atoms. The standard InChI is InChI=1S/C23H30N8O2S/c1-14-13-19(30-29-14)26-22-20(33-4)21(25-17-9-11-31(3)12-10-17)27-23(28-22)34-18-7-5-16(6-8-18)24-15(2)32/h5-8,13,17H,9-12H2,1-4H3,(H,24,32)(H3,25,26,27,28,29,30). The van der Waals surface area contributed by atoms with E-state index in [1.165, 1.54) is 18.7 Å². The number of benzene rings is 1. The molecule has 1 aliphatic heterocycles. The van der Waals surface area contributed by atoms with Crippen molar-refractivity contribution in [2.45, 2.75) is 42.8 Å². The minimum absolute atomic E-state index is 0.104. The number of H-pyrrole nitrogens is 1. The molecule has 0 unspecified atom stereocenters. The number of aromatic nitrogens is 4. The average molecular weight is 483 g/mol. The number of amides is 1. The summed E-state index contributed by atoms with van der Waals surface area (Å²) in [6.07, 6.45) is 2.05. The highest BCUT2D eigenvalue weighted by Crippen LogP contribution is 2.37. The van der Waals surface area contributed by atoms with Gasteiger partial charge in [0.1, 0.15) is 0 Å². The summed E-state index contributed by atoms with van der Waals surface area (Å²) in [5, 5.41) is 17.4. The lowest BCUT2D eigenvalue weighted by atomic mass is 10.1. The van der Waals surface area contributed by atoms with E-state index in [0.29, 0.717) is 34.4 Å². The highest BCUT2D eigenvalue weighted by molar-refractivity contribution is 7.99. The fourth-order valence-corrected chi connectivity index (χ4v) is 4.47. The Kier molecular flexibility index (Phi) is 7.53. The zero-order valence-corrected chi connectivity index (χ0v) is 20.6. The van der Waals surface area contributed by atoms with Gasteiger partial charge in [-0.05, 0) is 75.9 Å². The van der Waals surface area contributed by atoms with E-state index in [1.54, 1.807) is 7.11 Å². The second-order valence-corrected chi connectivity index (χ2v) is 9.37. The molecule has 3 heterocycles. The first-order valence-electron chi connectivity index (χ1n) is 11.1. The van der Waals surface area contributed by atoms with Crippen LogP contribution < -0.4 is 20.7 Å². The van der Waals surface area contributed by atoms with Crippen LogP contribution in [0.2, 0.25) is 0 Å². The van der Waals surface area contributed by atoms with Gasteiger partial charge in [0.2, 0.25) is 11.7 Å². The van der Waals surface area contributed by atoms with Crippen molar-refractivity contribution in [1.29, 1.82) is 0 Å². The van der Waals surface area contributed by atoms with Gasteiger partial charge in [-0.2, -0.15) is 5.10 Å². The quantitative estimate of drug-likeness (QED) is 0.355. The first kappa shape index (κ1) is 23.8. The van der Waals surface area contributed by atoms with Gasteiger partial charge in [0, 0.05) is 35.3 Å². The van der Waals surface area contributed by atoms with Crippen LogP contribution in [0.5, 0.6) is 5.75 Å². The number of carbonyl (C=O) groups is 1. The van der Waals surface area contributed by atoms with Crippen molar-refractivity contribution < 1.29 is 9.53 Å². The van der Waals surface area contributed by atoms with Gasteiger partial charge in [0.05, 0.1) is 7.11 Å². The Morgan fingerprint density at radius 1 is 1.18 bits per heavy atom. The second-order valence-electron chi connectivity index (χ2n) is 8.33.